The molecule has 35 heavy (non-hydrogen) atoms. The van der Waals surface area contributed by atoms with Crippen LogP contribution in [0.25, 0.3) is 0 Å². The molecule has 1 amide bonds. The standard InChI is InChI=1S/C27H31ClN2O4S/c1-6-24(21-10-14-26(34-5)20(4)15-21)29-27(31)17-30(25-16-22(28)11-9-19(25)3)35(32,33)23-12-7-18(2)8-13-23/h7-16,24H,6,17H2,1-5H3,(H,29,31)/t24-/m0/s1. The second kappa shape index (κ2) is 11.1. The van der Waals surface area contributed by atoms with E-state index in [4.69, 9.17) is 16.3 Å². The topological polar surface area (TPSA) is 75.7 Å². The first-order chi connectivity index (χ1) is 16.6. The van der Waals surface area contributed by atoms with Crippen molar-refractivity contribution in [3.63, 3.8) is 0 Å². The summed E-state index contributed by atoms with van der Waals surface area (Å²) in [5.74, 6) is 0.349. The third-order valence-electron chi connectivity index (χ3n) is 5.90. The number of anilines is 1. The van der Waals surface area contributed by atoms with Crippen molar-refractivity contribution in [2.24, 2.45) is 0 Å². The highest BCUT2D eigenvalue weighted by Crippen LogP contribution is 2.30. The number of aryl methyl sites for hydroxylation is 3. The van der Waals surface area contributed by atoms with Crippen molar-refractivity contribution in [3.8, 4) is 5.75 Å². The molecule has 0 aromatic heterocycles. The number of carbonyl (C=O) groups is 1. The summed E-state index contributed by atoms with van der Waals surface area (Å²) >= 11 is 6.21. The van der Waals surface area contributed by atoms with Crippen molar-refractivity contribution in [2.45, 2.75) is 45.1 Å². The van der Waals surface area contributed by atoms with Crippen LogP contribution in [0.1, 0.15) is 41.6 Å². The largest absolute Gasteiger partial charge is 0.496 e. The molecule has 1 atom stereocenters. The number of sulfonamides is 1. The summed E-state index contributed by atoms with van der Waals surface area (Å²) in [7, 11) is -2.42. The monoisotopic (exact) mass is 514 g/mol. The highest BCUT2D eigenvalue weighted by Gasteiger charge is 2.29. The lowest BCUT2D eigenvalue weighted by Gasteiger charge is -2.27. The second-order valence-corrected chi connectivity index (χ2v) is 10.8. The fourth-order valence-electron chi connectivity index (χ4n) is 3.90. The molecule has 3 rings (SSSR count). The molecule has 6 nitrogen and oxygen atoms in total. The van der Waals surface area contributed by atoms with Gasteiger partial charge in [-0.1, -0.05) is 54.4 Å². The van der Waals surface area contributed by atoms with Crippen LogP contribution >= 0.6 is 11.6 Å². The van der Waals surface area contributed by atoms with Gasteiger partial charge in [0.15, 0.2) is 0 Å². The molecule has 0 fully saturated rings. The lowest BCUT2D eigenvalue weighted by atomic mass is 10.0. The highest BCUT2D eigenvalue weighted by molar-refractivity contribution is 7.92. The Morgan fingerprint density at radius 3 is 2.29 bits per heavy atom. The smallest absolute Gasteiger partial charge is 0.264 e. The third kappa shape index (κ3) is 6.16. The Hall–Kier alpha value is -3.03. The zero-order valence-electron chi connectivity index (χ0n) is 20.6. The fourth-order valence-corrected chi connectivity index (χ4v) is 5.54. The Labute approximate surface area is 212 Å². The van der Waals surface area contributed by atoms with Gasteiger partial charge in [-0.15, -0.1) is 0 Å². The molecule has 0 spiro atoms. The highest BCUT2D eigenvalue weighted by atomic mass is 35.5. The molecule has 0 unspecified atom stereocenters. The van der Waals surface area contributed by atoms with E-state index in [1.807, 2.05) is 39.0 Å². The summed E-state index contributed by atoms with van der Waals surface area (Å²) in [5, 5.41) is 3.38. The number of benzene rings is 3. The van der Waals surface area contributed by atoms with Crippen LogP contribution in [0.5, 0.6) is 5.75 Å². The Balaban J connectivity index is 1.95. The molecule has 1 N–H and O–H groups in total. The van der Waals surface area contributed by atoms with Crippen molar-refractivity contribution in [1.82, 2.24) is 5.32 Å². The number of halogens is 1. The fraction of sp³-hybridized carbons (Fsp3) is 0.296. The van der Waals surface area contributed by atoms with Gasteiger partial charge in [-0.05, 0) is 74.2 Å². The lowest BCUT2D eigenvalue weighted by Crippen LogP contribution is -2.42. The molecule has 0 aliphatic carbocycles. The van der Waals surface area contributed by atoms with Crippen LogP contribution < -0.4 is 14.4 Å². The van der Waals surface area contributed by atoms with E-state index < -0.39 is 15.9 Å². The van der Waals surface area contributed by atoms with Crippen LogP contribution in [0.4, 0.5) is 5.69 Å². The van der Waals surface area contributed by atoms with E-state index >= 15 is 0 Å². The summed E-state index contributed by atoms with van der Waals surface area (Å²) in [4.78, 5) is 13.3. The van der Waals surface area contributed by atoms with E-state index in [0.29, 0.717) is 22.7 Å². The van der Waals surface area contributed by atoms with Crippen LogP contribution in [0.3, 0.4) is 0 Å². The van der Waals surface area contributed by atoms with Gasteiger partial charge in [-0.3, -0.25) is 9.10 Å². The van der Waals surface area contributed by atoms with Gasteiger partial charge in [0.05, 0.1) is 23.7 Å². The summed E-state index contributed by atoms with van der Waals surface area (Å²) in [6, 6.07) is 17.0. The van der Waals surface area contributed by atoms with Gasteiger partial charge in [-0.2, -0.15) is 0 Å². The predicted octanol–water partition coefficient (Wildman–Crippen LogP) is 5.74. The lowest BCUT2D eigenvalue weighted by molar-refractivity contribution is -0.120. The Morgan fingerprint density at radius 1 is 1.00 bits per heavy atom. The van der Waals surface area contributed by atoms with Gasteiger partial charge in [0.25, 0.3) is 10.0 Å². The number of hydrogen-bond donors (Lipinski definition) is 1. The quantitative estimate of drug-likeness (QED) is 0.395. The first kappa shape index (κ1) is 26.6. The SMILES string of the molecule is CC[C@H](NC(=O)CN(c1cc(Cl)ccc1C)S(=O)(=O)c1ccc(C)cc1)c1ccc(OC)c(C)c1. The molecule has 0 bridgehead atoms. The maximum Gasteiger partial charge on any atom is 0.264 e. The van der Waals surface area contributed by atoms with E-state index in [-0.39, 0.29) is 17.5 Å². The zero-order chi connectivity index (χ0) is 25.8. The van der Waals surface area contributed by atoms with Crippen LogP contribution in [0.2, 0.25) is 5.02 Å². The van der Waals surface area contributed by atoms with Gasteiger partial charge < -0.3 is 10.1 Å². The van der Waals surface area contributed by atoms with Gasteiger partial charge in [0, 0.05) is 5.02 Å². The molecule has 0 aliphatic rings. The molecule has 3 aromatic rings. The minimum Gasteiger partial charge on any atom is -0.496 e. The summed E-state index contributed by atoms with van der Waals surface area (Å²) in [6.07, 6.45) is 0.637. The average Bonchev–Trinajstić information content (AvgIpc) is 2.82. The number of methoxy groups -OCH3 is 1. The van der Waals surface area contributed by atoms with Crippen molar-refractivity contribution >= 4 is 33.2 Å². The number of hydrogen-bond acceptors (Lipinski definition) is 4. The Bertz CT molecular complexity index is 1310. The minimum absolute atomic E-state index is 0.105. The van der Waals surface area contributed by atoms with E-state index in [0.717, 1.165) is 26.7 Å². The van der Waals surface area contributed by atoms with Crippen molar-refractivity contribution in [2.75, 3.05) is 18.0 Å². The number of carbonyl (C=O) groups excluding carboxylic acids is 1. The number of rotatable bonds is 9. The van der Waals surface area contributed by atoms with Gasteiger partial charge in [0.1, 0.15) is 12.3 Å². The molecule has 0 saturated heterocycles. The maximum atomic E-state index is 13.7. The first-order valence-electron chi connectivity index (χ1n) is 11.4. The second-order valence-electron chi connectivity index (χ2n) is 8.51. The Kier molecular flexibility index (Phi) is 8.46. The van der Waals surface area contributed by atoms with Crippen LogP contribution in [0.15, 0.2) is 65.6 Å². The molecule has 0 heterocycles. The molecule has 186 valence electrons. The summed E-state index contributed by atoms with van der Waals surface area (Å²) < 4.78 is 33.8. The average molecular weight is 515 g/mol. The van der Waals surface area contributed by atoms with Gasteiger partial charge in [-0.25, -0.2) is 8.42 Å². The summed E-state index contributed by atoms with van der Waals surface area (Å²) in [5.41, 5.74) is 3.87. The van der Waals surface area contributed by atoms with Crippen molar-refractivity contribution in [1.29, 1.82) is 0 Å². The molecule has 8 heteroatoms. The molecule has 0 saturated carbocycles. The number of nitrogens with one attached hydrogen (secondary N) is 1. The molecular weight excluding hydrogens is 484 g/mol. The van der Waals surface area contributed by atoms with E-state index in [2.05, 4.69) is 5.32 Å². The van der Waals surface area contributed by atoms with Crippen molar-refractivity contribution < 1.29 is 17.9 Å². The third-order valence-corrected chi connectivity index (χ3v) is 7.91. The number of amides is 1. The van der Waals surface area contributed by atoms with Crippen LogP contribution in [0, 0.1) is 20.8 Å². The molecule has 0 aliphatic heterocycles. The maximum absolute atomic E-state index is 13.7. The first-order valence-corrected chi connectivity index (χ1v) is 13.2. The van der Waals surface area contributed by atoms with Crippen LogP contribution in [-0.4, -0.2) is 28.0 Å². The molecule has 3 aromatic carbocycles. The predicted molar refractivity (Wildman–Crippen MR) is 141 cm³/mol. The van der Waals surface area contributed by atoms with E-state index in [1.165, 1.54) is 0 Å². The molecule has 0 radical (unpaired) electrons. The molecular formula is C27H31ClN2O4S. The number of ether oxygens (including phenoxy) is 1. The number of nitrogens with zero attached hydrogens (tertiary/aromatic N) is 1. The minimum atomic E-state index is -4.03. The van der Waals surface area contributed by atoms with Gasteiger partial charge >= 0.3 is 0 Å². The van der Waals surface area contributed by atoms with Crippen molar-refractivity contribution in [3.05, 3.63) is 87.9 Å². The van der Waals surface area contributed by atoms with E-state index in [9.17, 15) is 13.2 Å². The normalized spacial score (nSPS) is 12.2. The van der Waals surface area contributed by atoms with Crippen LogP contribution in [-0.2, 0) is 14.8 Å². The van der Waals surface area contributed by atoms with E-state index in [1.54, 1.807) is 56.5 Å². The summed E-state index contributed by atoms with van der Waals surface area (Å²) in [6.45, 7) is 7.19. The van der Waals surface area contributed by atoms with Gasteiger partial charge in [0.2, 0.25) is 5.91 Å². The Morgan fingerprint density at radius 2 is 1.69 bits per heavy atom. The zero-order valence-corrected chi connectivity index (χ0v) is 22.2.